The predicted octanol–water partition coefficient (Wildman–Crippen LogP) is 0.568. The van der Waals surface area contributed by atoms with Gasteiger partial charge in [0.05, 0.1) is 5.91 Å². The van der Waals surface area contributed by atoms with Gasteiger partial charge in [-0.2, -0.15) is 13.2 Å². The summed E-state index contributed by atoms with van der Waals surface area (Å²) in [5.41, 5.74) is -4.87. The molecular formula is C12H13F3KNO3S. The van der Waals surface area contributed by atoms with Crippen molar-refractivity contribution in [1.29, 1.82) is 0 Å². The largest absolute Gasteiger partial charge is 1.00 e. The molecular weight excluding hydrogens is 334 g/mol. The fourth-order valence-corrected chi connectivity index (χ4v) is 1.83. The second-order valence-electron chi connectivity index (χ2n) is 4.25. The number of carbonyl (C=O) groups is 1. The molecule has 4 nitrogen and oxygen atoms in total. The Bertz CT molecular complexity index is 585. The molecule has 1 amide bonds. The van der Waals surface area contributed by atoms with Crippen molar-refractivity contribution in [3.63, 3.8) is 0 Å². The molecule has 0 heterocycles. The summed E-state index contributed by atoms with van der Waals surface area (Å²) in [7, 11) is -5.80. The first-order valence-electron chi connectivity index (χ1n) is 5.77. The van der Waals surface area contributed by atoms with E-state index in [0.29, 0.717) is 0 Å². The van der Waals surface area contributed by atoms with Crippen LogP contribution in [0.3, 0.4) is 0 Å². The zero-order chi connectivity index (χ0) is 15.6. The van der Waals surface area contributed by atoms with Gasteiger partial charge in [0.25, 0.3) is 0 Å². The molecule has 0 saturated heterocycles. The number of benzene rings is 1. The molecule has 0 aliphatic heterocycles. The molecule has 1 rings (SSSR count). The van der Waals surface area contributed by atoms with Crippen LogP contribution in [-0.2, 0) is 10.0 Å². The van der Waals surface area contributed by atoms with E-state index in [-0.39, 0.29) is 62.9 Å². The maximum absolute atomic E-state index is 12.1. The van der Waals surface area contributed by atoms with Crippen molar-refractivity contribution in [2.75, 3.05) is 0 Å². The molecule has 0 spiro atoms. The molecule has 0 N–H and O–H groups in total. The van der Waals surface area contributed by atoms with Crippen LogP contribution in [-0.4, -0.2) is 19.8 Å². The molecule has 0 bridgehead atoms. The number of hydrogen-bond acceptors (Lipinski definition) is 3. The Labute approximate surface area is 164 Å². The van der Waals surface area contributed by atoms with Gasteiger partial charge in [0.1, 0.15) is 0 Å². The Morgan fingerprint density at radius 2 is 1.71 bits per heavy atom. The van der Waals surface area contributed by atoms with E-state index in [9.17, 15) is 26.4 Å². The minimum absolute atomic E-state index is 0. The Kier molecular flexibility index (Phi) is 8.09. The molecule has 0 radical (unpaired) electrons. The Morgan fingerprint density at radius 1 is 1.24 bits per heavy atom. The van der Waals surface area contributed by atoms with Crippen LogP contribution >= 0.6 is 0 Å². The fraction of sp³-hybridized carbons (Fsp3) is 0.417. The van der Waals surface area contributed by atoms with Crippen LogP contribution in [0.1, 0.15) is 42.1 Å². The number of amides is 1. The molecule has 0 fully saturated rings. The first-order chi connectivity index (χ1) is 9.08. The van der Waals surface area contributed by atoms with E-state index in [4.69, 9.17) is 0 Å². The number of sulfonamides is 1. The molecule has 1 aromatic carbocycles. The second-order valence-corrected chi connectivity index (χ2v) is 5.84. The summed E-state index contributed by atoms with van der Waals surface area (Å²) in [5, 5.41) is 0. The Hall–Kier alpha value is 0.0664. The van der Waals surface area contributed by atoms with Gasteiger partial charge in [-0.25, -0.2) is 8.42 Å². The van der Waals surface area contributed by atoms with Crippen molar-refractivity contribution in [3.8, 4) is 0 Å². The van der Waals surface area contributed by atoms with E-state index in [1.165, 1.54) is 12.1 Å². The van der Waals surface area contributed by atoms with Crippen LogP contribution < -0.4 is 51.4 Å². The van der Waals surface area contributed by atoms with Crippen molar-refractivity contribution < 1.29 is 77.8 Å². The van der Waals surface area contributed by atoms with Gasteiger partial charge in [-0.1, -0.05) is 38.1 Å². The summed E-state index contributed by atoms with van der Waals surface area (Å²) >= 11 is 0. The SMILES string of the molecule is CCC(C)c1ccc(C(=O)[N-]S(=O)(=O)C(F)(F)F)cc1.[K+]. The Balaban J connectivity index is 0.00000400. The van der Waals surface area contributed by atoms with E-state index in [2.05, 4.69) is 4.72 Å². The van der Waals surface area contributed by atoms with Crippen molar-refractivity contribution in [1.82, 2.24) is 0 Å². The molecule has 1 aromatic rings. The monoisotopic (exact) mass is 347 g/mol. The van der Waals surface area contributed by atoms with Gasteiger partial charge in [0.2, 0.25) is 0 Å². The van der Waals surface area contributed by atoms with E-state index < -0.39 is 21.4 Å². The first-order valence-corrected chi connectivity index (χ1v) is 7.21. The molecule has 0 aliphatic carbocycles. The third-order valence-electron chi connectivity index (χ3n) is 2.83. The number of alkyl halides is 3. The van der Waals surface area contributed by atoms with Crippen LogP contribution in [0.4, 0.5) is 13.2 Å². The summed E-state index contributed by atoms with van der Waals surface area (Å²) in [6.45, 7) is 3.92. The maximum atomic E-state index is 12.1. The first kappa shape index (κ1) is 21.1. The van der Waals surface area contributed by atoms with Gasteiger partial charge in [-0.3, -0.25) is 0 Å². The fourth-order valence-electron chi connectivity index (χ4n) is 1.40. The van der Waals surface area contributed by atoms with Crippen LogP contribution in [0.2, 0.25) is 0 Å². The number of halogens is 3. The summed E-state index contributed by atoms with van der Waals surface area (Å²) in [6, 6.07) is 5.66. The van der Waals surface area contributed by atoms with Gasteiger partial charge in [-0.15, -0.1) is 0 Å². The molecule has 0 aromatic heterocycles. The van der Waals surface area contributed by atoms with Gasteiger partial charge >= 0.3 is 56.9 Å². The summed E-state index contributed by atoms with van der Waals surface area (Å²) < 4.78 is 60.0. The third kappa shape index (κ3) is 5.64. The van der Waals surface area contributed by atoms with Crippen LogP contribution in [0.25, 0.3) is 4.72 Å². The minimum Gasteiger partial charge on any atom is -0.534 e. The summed E-state index contributed by atoms with van der Waals surface area (Å²) in [5.74, 6) is -1.20. The summed E-state index contributed by atoms with van der Waals surface area (Å²) in [6.07, 6.45) is 0.861. The zero-order valence-electron chi connectivity index (χ0n) is 11.8. The molecule has 112 valence electrons. The van der Waals surface area contributed by atoms with Gasteiger partial charge in [-0.05, 0) is 23.5 Å². The minimum atomic E-state index is -5.80. The second kappa shape index (κ2) is 8.07. The average Bonchev–Trinajstić information content (AvgIpc) is 2.36. The van der Waals surface area contributed by atoms with Crippen molar-refractivity contribution in [2.24, 2.45) is 0 Å². The smallest absolute Gasteiger partial charge is 0.534 e. The van der Waals surface area contributed by atoms with Crippen molar-refractivity contribution in [2.45, 2.75) is 31.7 Å². The maximum Gasteiger partial charge on any atom is 1.00 e. The zero-order valence-corrected chi connectivity index (χ0v) is 15.7. The van der Waals surface area contributed by atoms with E-state index >= 15 is 0 Å². The Morgan fingerprint density at radius 3 is 2.10 bits per heavy atom. The van der Waals surface area contributed by atoms with E-state index in [1.54, 1.807) is 12.1 Å². The van der Waals surface area contributed by atoms with Gasteiger partial charge < -0.3 is 9.52 Å². The number of nitrogens with zero attached hydrogens (tertiary/aromatic N) is 1. The molecule has 1 atom stereocenters. The van der Waals surface area contributed by atoms with Crippen molar-refractivity contribution in [3.05, 3.63) is 40.1 Å². The number of rotatable bonds is 4. The van der Waals surface area contributed by atoms with E-state index in [1.807, 2.05) is 13.8 Å². The molecule has 0 saturated carbocycles. The molecule has 21 heavy (non-hydrogen) atoms. The number of hydrogen-bond donors (Lipinski definition) is 0. The predicted molar refractivity (Wildman–Crippen MR) is 67.8 cm³/mol. The van der Waals surface area contributed by atoms with Gasteiger partial charge in [0, 0.05) is 0 Å². The van der Waals surface area contributed by atoms with Crippen LogP contribution in [0.15, 0.2) is 24.3 Å². The third-order valence-corrected chi connectivity index (χ3v) is 3.83. The average molecular weight is 347 g/mol. The molecule has 9 heteroatoms. The summed E-state index contributed by atoms with van der Waals surface area (Å²) in [4.78, 5) is 11.4. The van der Waals surface area contributed by atoms with Crippen LogP contribution in [0.5, 0.6) is 0 Å². The van der Waals surface area contributed by atoms with E-state index in [0.717, 1.165) is 12.0 Å². The topological polar surface area (TPSA) is 65.3 Å². The van der Waals surface area contributed by atoms with Crippen LogP contribution in [0, 0.1) is 0 Å². The molecule has 1 unspecified atom stereocenters. The van der Waals surface area contributed by atoms with Crippen molar-refractivity contribution >= 4 is 15.9 Å². The molecule has 0 aliphatic rings. The van der Waals surface area contributed by atoms with Gasteiger partial charge in [0.15, 0.2) is 10.0 Å². The quantitative estimate of drug-likeness (QED) is 0.748. The standard InChI is InChI=1S/C12H14F3NO3S.K/c1-3-8(2)9-4-6-10(7-5-9)11(17)16-20(18,19)12(13,14)15;/h4-8H,3H2,1-2H3,(H,16,17);/q;+1/p-1. The normalized spacial score (nSPS) is 13.2. The number of carbonyl (C=O) groups excluding carboxylic acids is 1.